The Balaban J connectivity index is 1.42. The van der Waals surface area contributed by atoms with Gasteiger partial charge in [0.25, 0.3) is 0 Å². The summed E-state index contributed by atoms with van der Waals surface area (Å²) in [5.74, 6) is 2.47. The van der Waals surface area contributed by atoms with Crippen LogP contribution in [-0.4, -0.2) is 34.8 Å². The van der Waals surface area contributed by atoms with Gasteiger partial charge in [-0.25, -0.2) is 4.98 Å². The maximum absolute atomic E-state index is 5.73. The average Bonchev–Trinajstić information content (AvgIpc) is 3.26. The van der Waals surface area contributed by atoms with Crippen molar-refractivity contribution < 1.29 is 4.74 Å². The van der Waals surface area contributed by atoms with Crippen LogP contribution in [0.2, 0.25) is 0 Å². The van der Waals surface area contributed by atoms with Crippen molar-refractivity contribution in [1.29, 1.82) is 0 Å². The van der Waals surface area contributed by atoms with Gasteiger partial charge in [-0.3, -0.25) is 10.1 Å². The third-order valence-electron chi connectivity index (χ3n) is 4.57. The monoisotopic (exact) mass is 362 g/mol. The van der Waals surface area contributed by atoms with Crippen molar-refractivity contribution in [2.45, 2.75) is 19.0 Å². The van der Waals surface area contributed by atoms with E-state index >= 15 is 0 Å². The highest BCUT2D eigenvalue weighted by Gasteiger charge is 2.21. The normalized spacial score (nSPS) is 16.3. The molecule has 0 saturated carbocycles. The lowest BCUT2D eigenvalue weighted by molar-refractivity contribution is 0.261. The summed E-state index contributed by atoms with van der Waals surface area (Å²) in [7, 11) is 1.78. The van der Waals surface area contributed by atoms with Crippen molar-refractivity contribution in [2.24, 2.45) is 4.99 Å². The van der Waals surface area contributed by atoms with E-state index in [4.69, 9.17) is 4.74 Å². The largest absolute Gasteiger partial charge is 0.493 e. The van der Waals surface area contributed by atoms with Gasteiger partial charge in [0.2, 0.25) is 0 Å². The first-order valence-electron chi connectivity index (χ1n) is 8.97. The van der Waals surface area contributed by atoms with Crippen molar-refractivity contribution in [2.75, 3.05) is 13.7 Å². The molecule has 3 N–H and O–H groups in total. The number of fused-ring (bicyclic) bond motifs is 1. The molecule has 0 spiro atoms. The van der Waals surface area contributed by atoms with Crippen LogP contribution in [0.3, 0.4) is 0 Å². The molecule has 1 unspecified atom stereocenters. The van der Waals surface area contributed by atoms with Crippen molar-refractivity contribution in [3.8, 4) is 17.1 Å². The molecule has 0 amide bonds. The highest BCUT2D eigenvalue weighted by Crippen LogP contribution is 2.31. The molecule has 1 atom stereocenters. The van der Waals surface area contributed by atoms with Crippen LogP contribution in [0.4, 0.5) is 0 Å². The maximum Gasteiger partial charge on any atom is 0.191 e. The number of para-hydroxylation sites is 1. The van der Waals surface area contributed by atoms with E-state index in [1.54, 1.807) is 7.05 Å². The second-order valence-corrected chi connectivity index (χ2v) is 6.33. The summed E-state index contributed by atoms with van der Waals surface area (Å²) in [5, 5.41) is 13.7. The van der Waals surface area contributed by atoms with Crippen LogP contribution in [0.1, 0.15) is 23.6 Å². The molecule has 0 bridgehead atoms. The second kappa shape index (κ2) is 7.90. The van der Waals surface area contributed by atoms with Gasteiger partial charge in [0.1, 0.15) is 12.1 Å². The Morgan fingerprint density at radius 1 is 1.26 bits per heavy atom. The van der Waals surface area contributed by atoms with Crippen LogP contribution in [0.15, 0.2) is 59.9 Å². The average molecular weight is 362 g/mol. The summed E-state index contributed by atoms with van der Waals surface area (Å²) in [6.07, 6.45) is 2.41. The van der Waals surface area contributed by atoms with E-state index in [0.717, 1.165) is 35.1 Å². The maximum atomic E-state index is 5.73. The number of hydrogen-bond donors (Lipinski definition) is 3. The number of aromatic nitrogens is 3. The lowest BCUT2D eigenvalue weighted by atomic mass is 10.0. The number of nitrogens with one attached hydrogen (secondary N) is 3. The number of rotatable bonds is 4. The molecule has 0 radical (unpaired) electrons. The Labute approximate surface area is 157 Å². The minimum atomic E-state index is 0.182. The van der Waals surface area contributed by atoms with Gasteiger partial charge < -0.3 is 15.4 Å². The summed E-state index contributed by atoms with van der Waals surface area (Å²) in [4.78, 5) is 8.57. The molecule has 27 heavy (non-hydrogen) atoms. The minimum Gasteiger partial charge on any atom is -0.493 e. The van der Waals surface area contributed by atoms with Crippen LogP contribution in [0, 0.1) is 0 Å². The summed E-state index contributed by atoms with van der Waals surface area (Å²) in [6.45, 7) is 1.36. The fourth-order valence-corrected chi connectivity index (χ4v) is 3.21. The molecule has 1 aliphatic rings. The Bertz CT molecular complexity index is 922. The summed E-state index contributed by atoms with van der Waals surface area (Å²) < 4.78 is 5.73. The molecular formula is C20H22N6O. The van der Waals surface area contributed by atoms with E-state index in [-0.39, 0.29) is 6.04 Å². The highest BCUT2D eigenvalue weighted by atomic mass is 16.5. The molecule has 4 rings (SSSR count). The molecule has 0 fully saturated rings. The number of hydrogen-bond acceptors (Lipinski definition) is 4. The molecule has 2 aromatic carbocycles. The fourth-order valence-electron chi connectivity index (χ4n) is 3.21. The fraction of sp³-hybridized carbons (Fsp3) is 0.250. The summed E-state index contributed by atoms with van der Waals surface area (Å²) in [5.41, 5.74) is 3.31. The number of H-pyrrole nitrogens is 1. The number of aliphatic imine (C=N–C) groups is 1. The van der Waals surface area contributed by atoms with Crippen LogP contribution in [0.25, 0.3) is 11.4 Å². The summed E-state index contributed by atoms with van der Waals surface area (Å²) in [6, 6.07) is 16.5. The number of guanidine groups is 1. The molecule has 1 aromatic heterocycles. The SMILES string of the molecule is CN=C(NCc1cccc(-c2ncn[nH]2)c1)NC1CCOc2ccccc21. The molecule has 0 saturated heterocycles. The Morgan fingerprint density at radius 2 is 2.19 bits per heavy atom. The van der Waals surface area contributed by atoms with E-state index in [1.165, 1.54) is 11.9 Å². The van der Waals surface area contributed by atoms with Gasteiger partial charge in [0.15, 0.2) is 11.8 Å². The van der Waals surface area contributed by atoms with Gasteiger partial charge in [-0.05, 0) is 17.7 Å². The molecule has 2 heterocycles. The van der Waals surface area contributed by atoms with Crippen LogP contribution < -0.4 is 15.4 Å². The smallest absolute Gasteiger partial charge is 0.191 e. The van der Waals surface area contributed by atoms with Gasteiger partial charge >= 0.3 is 0 Å². The standard InChI is InChI=1S/C20H22N6O/c1-21-20(25-17-9-10-27-18-8-3-2-7-16(17)18)22-12-14-5-4-6-15(11-14)19-23-13-24-26-19/h2-8,11,13,17H,9-10,12H2,1H3,(H2,21,22,25)(H,23,24,26). The molecular weight excluding hydrogens is 340 g/mol. The van der Waals surface area contributed by atoms with Gasteiger partial charge in [-0.1, -0.05) is 36.4 Å². The first kappa shape index (κ1) is 17.1. The van der Waals surface area contributed by atoms with E-state index in [1.807, 2.05) is 30.3 Å². The van der Waals surface area contributed by atoms with Gasteiger partial charge in [-0.15, -0.1) is 0 Å². The quantitative estimate of drug-likeness (QED) is 0.491. The van der Waals surface area contributed by atoms with Crippen molar-refractivity contribution in [3.05, 3.63) is 66.0 Å². The molecule has 138 valence electrons. The van der Waals surface area contributed by atoms with Gasteiger partial charge in [0, 0.05) is 31.1 Å². The number of nitrogens with zero attached hydrogens (tertiary/aromatic N) is 3. The van der Waals surface area contributed by atoms with E-state index < -0.39 is 0 Å². The van der Waals surface area contributed by atoms with Crippen LogP contribution in [0.5, 0.6) is 5.75 Å². The zero-order valence-corrected chi connectivity index (χ0v) is 15.1. The minimum absolute atomic E-state index is 0.182. The molecule has 7 nitrogen and oxygen atoms in total. The number of ether oxygens (including phenoxy) is 1. The zero-order chi connectivity index (χ0) is 18.5. The topological polar surface area (TPSA) is 87.2 Å². The van der Waals surface area contributed by atoms with Crippen LogP contribution in [-0.2, 0) is 6.54 Å². The Kier molecular flexibility index (Phi) is 5.00. The predicted octanol–water partition coefficient (Wildman–Crippen LogP) is 2.66. The number of aromatic amines is 1. The van der Waals surface area contributed by atoms with Crippen molar-refractivity contribution in [1.82, 2.24) is 25.8 Å². The number of benzene rings is 2. The molecule has 7 heteroatoms. The summed E-state index contributed by atoms with van der Waals surface area (Å²) >= 11 is 0. The second-order valence-electron chi connectivity index (χ2n) is 6.33. The predicted molar refractivity (Wildman–Crippen MR) is 104 cm³/mol. The zero-order valence-electron chi connectivity index (χ0n) is 15.1. The van der Waals surface area contributed by atoms with Crippen molar-refractivity contribution >= 4 is 5.96 Å². The third-order valence-corrected chi connectivity index (χ3v) is 4.57. The van der Waals surface area contributed by atoms with Gasteiger partial charge in [-0.2, -0.15) is 5.10 Å². The first-order valence-corrected chi connectivity index (χ1v) is 8.97. The third kappa shape index (κ3) is 3.92. The molecule has 1 aliphatic heterocycles. The van der Waals surface area contributed by atoms with Gasteiger partial charge in [0.05, 0.1) is 12.6 Å². The first-order chi connectivity index (χ1) is 13.3. The Morgan fingerprint density at radius 3 is 3.04 bits per heavy atom. The molecule has 0 aliphatic carbocycles. The van der Waals surface area contributed by atoms with E-state index in [2.05, 4.69) is 49.0 Å². The lowest BCUT2D eigenvalue weighted by Gasteiger charge is -2.28. The van der Waals surface area contributed by atoms with E-state index in [9.17, 15) is 0 Å². The molecule has 3 aromatic rings. The Hall–Kier alpha value is -3.35. The highest BCUT2D eigenvalue weighted by molar-refractivity contribution is 5.80. The lowest BCUT2D eigenvalue weighted by Crippen LogP contribution is -2.40. The van der Waals surface area contributed by atoms with E-state index in [0.29, 0.717) is 13.2 Å². The van der Waals surface area contributed by atoms with Crippen molar-refractivity contribution in [3.63, 3.8) is 0 Å². The van der Waals surface area contributed by atoms with Crippen LogP contribution >= 0.6 is 0 Å².